The number of halogens is 4. The fourth-order valence-electron chi connectivity index (χ4n) is 1.85. The molecule has 0 radical (unpaired) electrons. The summed E-state index contributed by atoms with van der Waals surface area (Å²) in [7, 11) is 1.09. The smallest absolute Gasteiger partial charge is 0.314 e. The van der Waals surface area contributed by atoms with Gasteiger partial charge in [0.15, 0.2) is 0 Å². The van der Waals surface area contributed by atoms with E-state index in [1.165, 1.54) is 12.3 Å². The molecule has 0 saturated carbocycles. The van der Waals surface area contributed by atoms with Crippen LogP contribution in [0.3, 0.4) is 0 Å². The highest BCUT2D eigenvalue weighted by atomic mass is 19.3. The minimum atomic E-state index is -3.58. The van der Waals surface area contributed by atoms with Crippen LogP contribution in [0, 0.1) is 6.92 Å². The summed E-state index contributed by atoms with van der Waals surface area (Å²) in [4.78, 5) is 4.42. The van der Waals surface area contributed by atoms with Crippen LogP contribution in [0.1, 0.15) is 17.7 Å². The van der Waals surface area contributed by atoms with Gasteiger partial charge in [-0.1, -0.05) is 0 Å². The lowest BCUT2D eigenvalue weighted by atomic mass is 10.0. The second-order valence-electron chi connectivity index (χ2n) is 4.41. The number of aromatic nitrogens is 1. The number of hydrogen-bond donors (Lipinski definition) is 0. The van der Waals surface area contributed by atoms with Crippen molar-refractivity contribution in [2.75, 3.05) is 7.05 Å². The van der Waals surface area contributed by atoms with Crippen molar-refractivity contribution in [3.8, 4) is 0 Å². The van der Waals surface area contributed by atoms with Crippen LogP contribution in [0.15, 0.2) is 24.4 Å². The zero-order valence-electron chi connectivity index (χ0n) is 9.92. The molecule has 0 spiro atoms. The lowest BCUT2D eigenvalue weighted by molar-refractivity contribution is -0.165. The maximum Gasteiger partial charge on any atom is 0.331 e. The number of hydrogen-bond acceptors (Lipinski definition) is 2. The van der Waals surface area contributed by atoms with Gasteiger partial charge < -0.3 is 4.90 Å². The van der Waals surface area contributed by atoms with E-state index in [-0.39, 0.29) is 11.4 Å². The topological polar surface area (TPSA) is 16.1 Å². The summed E-state index contributed by atoms with van der Waals surface area (Å²) < 4.78 is 53.6. The van der Waals surface area contributed by atoms with E-state index >= 15 is 0 Å². The zero-order valence-corrected chi connectivity index (χ0v) is 9.92. The fraction of sp³-hybridized carbons (Fsp3) is 0.417. The van der Waals surface area contributed by atoms with Gasteiger partial charge in [0.05, 0.1) is 17.8 Å². The molecule has 0 atom stereocenters. The van der Waals surface area contributed by atoms with Gasteiger partial charge in [0.25, 0.3) is 5.92 Å². The lowest BCUT2D eigenvalue weighted by Crippen LogP contribution is -2.45. The SMILES string of the molecule is Cc1ccnc(C2=CC(F)(F)CC(F)(F)N2C)c1. The highest BCUT2D eigenvalue weighted by Gasteiger charge is 2.50. The second-order valence-corrected chi connectivity index (χ2v) is 4.41. The van der Waals surface area contributed by atoms with E-state index in [0.717, 1.165) is 12.6 Å². The standard InChI is InChI=1S/C12H12F4N2/c1-8-3-4-17-9(5-8)10-6-11(13,14)7-12(15,16)18(10)2/h3-6H,7H2,1-2H3. The molecule has 1 aromatic rings. The Labute approximate surface area is 102 Å². The predicted octanol–water partition coefficient (Wildman–Crippen LogP) is 3.29. The first-order chi connectivity index (χ1) is 8.21. The highest BCUT2D eigenvalue weighted by Crippen LogP contribution is 2.43. The molecule has 0 aliphatic carbocycles. The van der Waals surface area contributed by atoms with Gasteiger partial charge in [0.2, 0.25) is 0 Å². The third kappa shape index (κ3) is 2.32. The summed E-state index contributed by atoms with van der Waals surface area (Å²) in [6, 6.07) is -0.415. The molecular weight excluding hydrogens is 248 g/mol. The molecule has 2 rings (SSSR count). The number of nitrogens with zero attached hydrogens (tertiary/aromatic N) is 2. The minimum Gasteiger partial charge on any atom is -0.314 e. The number of pyridine rings is 1. The summed E-state index contributed by atoms with van der Waals surface area (Å²) in [6.45, 7) is 1.74. The van der Waals surface area contributed by atoms with Crippen molar-refractivity contribution < 1.29 is 17.6 Å². The van der Waals surface area contributed by atoms with Crippen molar-refractivity contribution in [1.29, 1.82) is 0 Å². The molecule has 6 heteroatoms. The molecule has 1 aromatic heterocycles. The average molecular weight is 260 g/mol. The first kappa shape index (κ1) is 12.9. The first-order valence-electron chi connectivity index (χ1n) is 5.37. The van der Waals surface area contributed by atoms with E-state index in [2.05, 4.69) is 4.98 Å². The third-order valence-electron chi connectivity index (χ3n) is 2.83. The van der Waals surface area contributed by atoms with Crippen molar-refractivity contribution >= 4 is 5.70 Å². The maximum atomic E-state index is 13.5. The molecule has 2 nitrogen and oxygen atoms in total. The van der Waals surface area contributed by atoms with E-state index in [4.69, 9.17) is 0 Å². The molecular formula is C12H12F4N2. The molecule has 1 aliphatic heterocycles. The van der Waals surface area contributed by atoms with Crippen LogP contribution in [-0.4, -0.2) is 28.9 Å². The molecule has 0 amide bonds. The van der Waals surface area contributed by atoms with Gasteiger partial charge in [-0.05, 0) is 24.6 Å². The van der Waals surface area contributed by atoms with Crippen LogP contribution >= 0.6 is 0 Å². The summed E-state index contributed by atoms with van der Waals surface area (Å²) in [5.41, 5.74) is 0.642. The van der Waals surface area contributed by atoms with Crippen LogP contribution in [0.25, 0.3) is 5.70 Å². The summed E-state index contributed by atoms with van der Waals surface area (Å²) >= 11 is 0. The molecule has 0 saturated heterocycles. The van der Waals surface area contributed by atoms with Gasteiger partial charge in [0.1, 0.15) is 0 Å². The van der Waals surface area contributed by atoms with E-state index in [0.29, 0.717) is 11.0 Å². The summed E-state index contributed by atoms with van der Waals surface area (Å²) in [5, 5.41) is 0. The van der Waals surface area contributed by atoms with E-state index in [1.54, 1.807) is 13.0 Å². The number of allylic oxidation sites excluding steroid dienone is 1. The van der Waals surface area contributed by atoms with Gasteiger partial charge in [-0.15, -0.1) is 0 Å². The molecule has 0 bridgehead atoms. The summed E-state index contributed by atoms with van der Waals surface area (Å²) in [5.74, 6) is -3.53. The normalized spacial score (nSPS) is 21.7. The number of rotatable bonds is 1. The zero-order chi connectivity index (χ0) is 13.6. The molecule has 2 heterocycles. The predicted molar refractivity (Wildman–Crippen MR) is 59.2 cm³/mol. The fourth-order valence-corrected chi connectivity index (χ4v) is 1.85. The van der Waals surface area contributed by atoms with Crippen molar-refractivity contribution in [2.45, 2.75) is 25.3 Å². The Morgan fingerprint density at radius 2 is 1.94 bits per heavy atom. The Morgan fingerprint density at radius 1 is 1.28 bits per heavy atom. The van der Waals surface area contributed by atoms with Gasteiger partial charge in [-0.3, -0.25) is 4.98 Å². The Hall–Kier alpha value is -1.59. The molecule has 18 heavy (non-hydrogen) atoms. The Kier molecular flexibility index (Phi) is 2.83. The Morgan fingerprint density at radius 3 is 2.56 bits per heavy atom. The van der Waals surface area contributed by atoms with Crippen LogP contribution in [0.5, 0.6) is 0 Å². The number of aryl methyl sites for hydroxylation is 1. The van der Waals surface area contributed by atoms with Crippen molar-refractivity contribution in [1.82, 2.24) is 9.88 Å². The van der Waals surface area contributed by atoms with Crippen LogP contribution < -0.4 is 0 Å². The van der Waals surface area contributed by atoms with Gasteiger partial charge >= 0.3 is 6.05 Å². The first-order valence-corrected chi connectivity index (χ1v) is 5.37. The minimum absolute atomic E-state index is 0.122. The van der Waals surface area contributed by atoms with Gasteiger partial charge in [-0.25, -0.2) is 8.78 Å². The van der Waals surface area contributed by atoms with Crippen molar-refractivity contribution in [3.05, 3.63) is 35.7 Å². The molecule has 0 unspecified atom stereocenters. The molecule has 1 aliphatic rings. The third-order valence-corrected chi connectivity index (χ3v) is 2.83. The van der Waals surface area contributed by atoms with E-state index in [9.17, 15) is 17.6 Å². The molecule has 0 fully saturated rings. The molecule has 98 valence electrons. The lowest BCUT2D eigenvalue weighted by Gasteiger charge is -2.37. The Bertz CT molecular complexity index is 497. The van der Waals surface area contributed by atoms with Crippen LogP contribution in [0.4, 0.5) is 17.6 Å². The highest BCUT2D eigenvalue weighted by molar-refractivity contribution is 5.63. The van der Waals surface area contributed by atoms with Crippen molar-refractivity contribution in [2.24, 2.45) is 0 Å². The second kappa shape index (κ2) is 3.96. The van der Waals surface area contributed by atoms with E-state index in [1.807, 2.05) is 0 Å². The average Bonchev–Trinajstić information content (AvgIpc) is 2.22. The molecule has 0 N–H and O–H groups in total. The van der Waals surface area contributed by atoms with E-state index < -0.39 is 18.4 Å². The van der Waals surface area contributed by atoms with Crippen LogP contribution in [-0.2, 0) is 0 Å². The van der Waals surface area contributed by atoms with Crippen molar-refractivity contribution in [3.63, 3.8) is 0 Å². The summed E-state index contributed by atoms with van der Waals surface area (Å²) in [6.07, 6.45) is 0.447. The molecule has 0 aromatic carbocycles. The van der Waals surface area contributed by atoms with Crippen LogP contribution in [0.2, 0.25) is 0 Å². The quantitative estimate of drug-likeness (QED) is 0.569. The monoisotopic (exact) mass is 260 g/mol. The van der Waals surface area contributed by atoms with Gasteiger partial charge in [-0.2, -0.15) is 8.78 Å². The maximum absolute atomic E-state index is 13.5. The Balaban J connectivity index is 2.51. The van der Waals surface area contributed by atoms with Gasteiger partial charge in [0, 0.05) is 19.3 Å². The largest absolute Gasteiger partial charge is 0.331 e. The number of alkyl halides is 4.